The van der Waals surface area contributed by atoms with Crippen molar-refractivity contribution in [3.63, 3.8) is 0 Å². The predicted octanol–water partition coefficient (Wildman–Crippen LogP) is 3.70. The summed E-state index contributed by atoms with van der Waals surface area (Å²) in [7, 11) is 0. The lowest BCUT2D eigenvalue weighted by Crippen LogP contribution is -2.41. The first-order chi connectivity index (χ1) is 9.66. The number of ketones is 1. The molecule has 1 saturated heterocycles. The fourth-order valence-corrected chi connectivity index (χ4v) is 3.23. The number of nitrogens with one attached hydrogen (secondary N) is 1. The first-order valence-corrected chi connectivity index (χ1v) is 7.41. The highest BCUT2D eigenvalue weighted by atomic mass is 16.3. The fraction of sp³-hybridized carbons (Fsp3) is 0.471. The molecule has 1 N–H and O–H groups in total. The summed E-state index contributed by atoms with van der Waals surface area (Å²) in [5.41, 5.74) is 1.68. The van der Waals surface area contributed by atoms with Crippen molar-refractivity contribution in [2.75, 3.05) is 13.1 Å². The van der Waals surface area contributed by atoms with E-state index in [0.29, 0.717) is 5.76 Å². The van der Waals surface area contributed by atoms with Gasteiger partial charge in [0.2, 0.25) is 5.78 Å². The van der Waals surface area contributed by atoms with E-state index in [1.807, 2.05) is 31.2 Å². The van der Waals surface area contributed by atoms with Crippen LogP contribution in [0.25, 0.3) is 11.0 Å². The van der Waals surface area contributed by atoms with Crippen molar-refractivity contribution in [1.82, 2.24) is 5.32 Å². The molecule has 20 heavy (non-hydrogen) atoms. The molecule has 2 aromatic rings. The largest absolute Gasteiger partial charge is 0.453 e. The van der Waals surface area contributed by atoms with Crippen LogP contribution in [0.2, 0.25) is 0 Å². The van der Waals surface area contributed by atoms with E-state index in [2.05, 4.69) is 12.2 Å². The second-order valence-corrected chi connectivity index (χ2v) is 5.82. The molecule has 1 aromatic heterocycles. The van der Waals surface area contributed by atoms with Gasteiger partial charge in [-0.3, -0.25) is 4.79 Å². The predicted molar refractivity (Wildman–Crippen MR) is 80.1 cm³/mol. The third kappa shape index (κ3) is 2.06. The van der Waals surface area contributed by atoms with Gasteiger partial charge in [-0.25, -0.2) is 0 Å². The number of Topliss-reactive ketones (excluding diaryl/α,β-unsaturated/α-hetero) is 1. The monoisotopic (exact) mass is 271 g/mol. The Bertz CT molecular complexity index is 635. The first kappa shape index (κ1) is 13.4. The molecule has 0 bridgehead atoms. The van der Waals surface area contributed by atoms with Crippen LogP contribution in [-0.2, 0) is 0 Å². The Morgan fingerprint density at radius 2 is 2.10 bits per heavy atom. The van der Waals surface area contributed by atoms with Crippen molar-refractivity contribution in [2.45, 2.75) is 33.1 Å². The van der Waals surface area contributed by atoms with Gasteiger partial charge in [-0.2, -0.15) is 0 Å². The number of aryl methyl sites for hydroxylation is 1. The van der Waals surface area contributed by atoms with E-state index in [4.69, 9.17) is 4.42 Å². The minimum absolute atomic E-state index is 0.178. The van der Waals surface area contributed by atoms with Gasteiger partial charge in [0.15, 0.2) is 5.76 Å². The van der Waals surface area contributed by atoms with E-state index in [1.165, 1.54) is 0 Å². The summed E-state index contributed by atoms with van der Waals surface area (Å²) >= 11 is 0. The van der Waals surface area contributed by atoms with Crippen LogP contribution in [0.3, 0.4) is 0 Å². The second kappa shape index (κ2) is 5.06. The summed E-state index contributed by atoms with van der Waals surface area (Å²) in [5.74, 6) is 0.704. The van der Waals surface area contributed by atoms with Crippen molar-refractivity contribution < 1.29 is 9.21 Å². The number of fused-ring (bicyclic) bond motifs is 1. The second-order valence-electron chi connectivity index (χ2n) is 5.82. The summed E-state index contributed by atoms with van der Waals surface area (Å²) in [4.78, 5) is 12.9. The van der Waals surface area contributed by atoms with Gasteiger partial charge >= 0.3 is 0 Å². The zero-order valence-corrected chi connectivity index (χ0v) is 12.2. The van der Waals surface area contributed by atoms with Crippen LogP contribution in [0.15, 0.2) is 28.7 Å². The number of rotatable bonds is 3. The maximum Gasteiger partial charge on any atom is 0.204 e. The molecule has 1 aromatic carbocycles. The zero-order valence-electron chi connectivity index (χ0n) is 12.2. The van der Waals surface area contributed by atoms with Gasteiger partial charge in [-0.15, -0.1) is 0 Å². The smallest absolute Gasteiger partial charge is 0.204 e. The minimum atomic E-state index is -0.243. The number of furan rings is 1. The van der Waals surface area contributed by atoms with Gasteiger partial charge in [0.05, 0.1) is 0 Å². The van der Waals surface area contributed by atoms with Gasteiger partial charge < -0.3 is 9.73 Å². The number of hydrogen-bond acceptors (Lipinski definition) is 3. The molecule has 0 radical (unpaired) electrons. The zero-order chi connectivity index (χ0) is 14.2. The summed E-state index contributed by atoms with van der Waals surface area (Å²) in [6, 6.07) is 7.93. The molecule has 3 heteroatoms. The van der Waals surface area contributed by atoms with Gasteiger partial charge in [-0.05, 0) is 50.9 Å². The number of para-hydroxylation sites is 1. The average molecular weight is 271 g/mol. The van der Waals surface area contributed by atoms with E-state index in [1.54, 1.807) is 0 Å². The maximum atomic E-state index is 12.9. The Kier molecular flexibility index (Phi) is 3.38. The molecule has 3 rings (SSSR count). The Morgan fingerprint density at radius 1 is 1.35 bits per heavy atom. The number of carbonyl (C=O) groups excluding carboxylic acids is 1. The normalized spacial score (nSPS) is 18.3. The number of piperidine rings is 1. The molecular weight excluding hydrogens is 250 g/mol. The highest BCUT2D eigenvalue weighted by molar-refractivity contribution is 6.01. The van der Waals surface area contributed by atoms with Crippen molar-refractivity contribution in [2.24, 2.45) is 5.41 Å². The molecule has 1 fully saturated rings. The molecular formula is C17H21NO2. The maximum absolute atomic E-state index is 12.9. The molecule has 0 aliphatic carbocycles. The molecule has 0 saturated carbocycles. The van der Waals surface area contributed by atoms with Crippen molar-refractivity contribution in [1.29, 1.82) is 0 Å². The Balaban J connectivity index is 2.01. The third-order valence-corrected chi connectivity index (χ3v) is 4.68. The van der Waals surface area contributed by atoms with Crippen molar-refractivity contribution in [3.05, 3.63) is 35.6 Å². The molecule has 0 amide bonds. The van der Waals surface area contributed by atoms with Gasteiger partial charge in [0.1, 0.15) is 5.58 Å². The lowest BCUT2D eigenvalue weighted by molar-refractivity contribution is 0.0688. The molecule has 106 valence electrons. The minimum Gasteiger partial charge on any atom is -0.453 e. The standard InChI is InChI=1S/C17H21NO2/c1-3-17(7-9-18-10-8-17)16(19)14-11-13-6-4-5-12(2)15(13)20-14/h4-6,11,18H,3,7-10H2,1-2H3. The van der Waals surface area contributed by atoms with E-state index in [9.17, 15) is 4.79 Å². The lowest BCUT2D eigenvalue weighted by atomic mass is 9.72. The summed E-state index contributed by atoms with van der Waals surface area (Å²) in [6.45, 7) is 5.95. The van der Waals surface area contributed by atoms with Crippen LogP contribution in [0.1, 0.15) is 42.3 Å². The van der Waals surface area contributed by atoms with Crippen LogP contribution in [0.5, 0.6) is 0 Å². The number of hydrogen-bond donors (Lipinski definition) is 1. The van der Waals surface area contributed by atoms with Crippen molar-refractivity contribution >= 4 is 16.8 Å². The third-order valence-electron chi connectivity index (χ3n) is 4.68. The summed E-state index contributed by atoms with van der Waals surface area (Å²) in [6.07, 6.45) is 2.68. The number of benzene rings is 1. The quantitative estimate of drug-likeness (QED) is 0.865. The van der Waals surface area contributed by atoms with Crippen molar-refractivity contribution in [3.8, 4) is 0 Å². The van der Waals surface area contributed by atoms with Gasteiger partial charge in [0, 0.05) is 10.8 Å². The van der Waals surface area contributed by atoms with Gasteiger partial charge in [0.25, 0.3) is 0 Å². The Morgan fingerprint density at radius 3 is 2.75 bits per heavy atom. The summed E-state index contributed by atoms with van der Waals surface area (Å²) < 4.78 is 5.87. The van der Waals surface area contributed by atoms with E-state index in [0.717, 1.165) is 48.9 Å². The molecule has 1 aliphatic rings. The molecule has 0 spiro atoms. The fourth-order valence-electron chi connectivity index (χ4n) is 3.23. The Hall–Kier alpha value is -1.61. The molecule has 0 unspecified atom stereocenters. The number of carbonyl (C=O) groups is 1. The van der Waals surface area contributed by atoms with Crippen LogP contribution in [0, 0.1) is 12.3 Å². The summed E-state index contributed by atoms with van der Waals surface area (Å²) in [5, 5.41) is 4.35. The SMILES string of the molecule is CCC1(C(=O)c2cc3cccc(C)c3o2)CCNCC1. The van der Waals surface area contributed by atoms with Crippen LogP contribution >= 0.6 is 0 Å². The van der Waals surface area contributed by atoms with E-state index in [-0.39, 0.29) is 11.2 Å². The van der Waals surface area contributed by atoms with Crippen LogP contribution in [-0.4, -0.2) is 18.9 Å². The first-order valence-electron chi connectivity index (χ1n) is 7.41. The molecule has 2 heterocycles. The highest BCUT2D eigenvalue weighted by Crippen LogP contribution is 2.37. The molecule has 0 atom stereocenters. The molecule has 1 aliphatic heterocycles. The van der Waals surface area contributed by atoms with E-state index < -0.39 is 0 Å². The lowest BCUT2D eigenvalue weighted by Gasteiger charge is -2.34. The Labute approximate surface area is 119 Å². The topological polar surface area (TPSA) is 42.2 Å². The van der Waals surface area contributed by atoms with E-state index >= 15 is 0 Å². The van der Waals surface area contributed by atoms with Crippen LogP contribution < -0.4 is 5.32 Å². The molecule has 3 nitrogen and oxygen atoms in total. The van der Waals surface area contributed by atoms with Gasteiger partial charge in [-0.1, -0.05) is 25.1 Å². The highest BCUT2D eigenvalue weighted by Gasteiger charge is 2.39. The van der Waals surface area contributed by atoms with Crippen LogP contribution in [0.4, 0.5) is 0 Å². The average Bonchev–Trinajstić information content (AvgIpc) is 2.92.